The Kier molecular flexibility index (Phi) is 4.22. The minimum atomic E-state index is -1.06. The van der Waals surface area contributed by atoms with Crippen molar-refractivity contribution in [2.24, 2.45) is 15.6 Å². The number of benzene rings is 1. The molecule has 2 aromatic heterocycles. The van der Waals surface area contributed by atoms with E-state index >= 15 is 0 Å². The summed E-state index contributed by atoms with van der Waals surface area (Å²) in [6, 6.07) is 18.7. The van der Waals surface area contributed by atoms with Crippen LogP contribution >= 0.6 is 0 Å². The first-order chi connectivity index (χ1) is 15.0. The normalized spacial score (nSPS) is 21.5. The van der Waals surface area contributed by atoms with Gasteiger partial charge in [-0.25, -0.2) is 0 Å². The van der Waals surface area contributed by atoms with Crippen LogP contribution in [0.5, 0.6) is 5.75 Å². The molecule has 1 atom stereocenters. The third kappa shape index (κ3) is 2.56. The molecular formula is C24H21N5O2. The molecule has 0 saturated carbocycles. The van der Waals surface area contributed by atoms with Crippen molar-refractivity contribution in [3.8, 4) is 5.75 Å². The molecule has 154 valence electrons. The molecule has 0 N–H and O–H groups in total. The van der Waals surface area contributed by atoms with Crippen LogP contribution in [0.25, 0.3) is 5.70 Å². The molecule has 1 unspecified atom stereocenters. The number of azo groups is 1. The Balaban J connectivity index is 1.82. The summed E-state index contributed by atoms with van der Waals surface area (Å²) in [4.78, 5) is 24.7. The zero-order valence-corrected chi connectivity index (χ0v) is 17.5. The van der Waals surface area contributed by atoms with Gasteiger partial charge in [0.2, 0.25) is 5.91 Å². The molecule has 2 aliphatic rings. The van der Waals surface area contributed by atoms with Gasteiger partial charge in [0.05, 0.1) is 29.6 Å². The number of aromatic nitrogens is 2. The summed E-state index contributed by atoms with van der Waals surface area (Å²) in [6.07, 6.45) is 3.42. The highest BCUT2D eigenvalue weighted by atomic mass is 16.5. The minimum Gasteiger partial charge on any atom is -0.497 e. The number of anilines is 1. The molecule has 7 heteroatoms. The van der Waals surface area contributed by atoms with Gasteiger partial charge < -0.3 is 4.74 Å². The summed E-state index contributed by atoms with van der Waals surface area (Å²) in [5, 5.41) is 9.29. The van der Waals surface area contributed by atoms with Crippen LogP contribution in [0.15, 0.2) is 89.0 Å². The third-order valence-electron chi connectivity index (χ3n) is 6.01. The quantitative estimate of drug-likeness (QED) is 0.629. The number of pyridine rings is 2. The highest BCUT2D eigenvalue weighted by Crippen LogP contribution is 2.61. The maximum absolute atomic E-state index is 13.9. The van der Waals surface area contributed by atoms with E-state index in [2.05, 4.69) is 15.1 Å². The fraction of sp³-hybridized carbons (Fsp3) is 0.208. The van der Waals surface area contributed by atoms with E-state index in [4.69, 9.17) is 9.85 Å². The second kappa shape index (κ2) is 6.84. The molecule has 2 aliphatic heterocycles. The van der Waals surface area contributed by atoms with Gasteiger partial charge in [0.1, 0.15) is 11.4 Å². The first-order valence-electron chi connectivity index (χ1n) is 10.00. The summed E-state index contributed by atoms with van der Waals surface area (Å²) >= 11 is 0. The Morgan fingerprint density at radius 3 is 2.23 bits per heavy atom. The molecule has 0 aliphatic carbocycles. The Morgan fingerprint density at radius 1 is 0.903 bits per heavy atom. The number of carbonyl (C=O) groups excluding carboxylic acids is 1. The zero-order valence-electron chi connectivity index (χ0n) is 17.5. The Labute approximate surface area is 180 Å². The number of carbonyl (C=O) groups is 1. The van der Waals surface area contributed by atoms with E-state index in [0.717, 1.165) is 0 Å². The summed E-state index contributed by atoms with van der Waals surface area (Å²) in [5.74, 6) is 0.635. The molecule has 1 saturated heterocycles. The lowest BCUT2D eigenvalue weighted by molar-refractivity contribution is -0.125. The monoisotopic (exact) mass is 411 g/mol. The molecule has 7 nitrogen and oxygen atoms in total. The molecule has 5 rings (SSSR count). The summed E-state index contributed by atoms with van der Waals surface area (Å²) < 4.78 is 5.29. The van der Waals surface area contributed by atoms with Crippen molar-refractivity contribution < 1.29 is 9.53 Å². The van der Waals surface area contributed by atoms with Crippen LogP contribution in [-0.2, 0) is 10.3 Å². The predicted molar refractivity (Wildman–Crippen MR) is 116 cm³/mol. The highest BCUT2D eigenvalue weighted by molar-refractivity contribution is 6.08. The Hall–Kier alpha value is -3.87. The van der Waals surface area contributed by atoms with Gasteiger partial charge in [0.15, 0.2) is 5.54 Å². The van der Waals surface area contributed by atoms with Crippen molar-refractivity contribution in [1.82, 2.24) is 9.97 Å². The molecule has 4 heterocycles. The van der Waals surface area contributed by atoms with Gasteiger partial charge in [0.25, 0.3) is 0 Å². The minimum absolute atomic E-state index is 0.0783. The van der Waals surface area contributed by atoms with Crippen LogP contribution in [0, 0.1) is 5.41 Å². The number of ether oxygens (including phenoxy) is 1. The molecule has 31 heavy (non-hydrogen) atoms. The summed E-state index contributed by atoms with van der Waals surface area (Å²) in [7, 11) is 1.61. The van der Waals surface area contributed by atoms with Gasteiger partial charge in [-0.3, -0.25) is 19.7 Å². The molecule has 1 aromatic carbocycles. The number of hydrogen-bond donors (Lipinski definition) is 0. The van der Waals surface area contributed by atoms with Crippen molar-refractivity contribution in [2.75, 3.05) is 12.0 Å². The van der Waals surface area contributed by atoms with Gasteiger partial charge in [-0.05, 0) is 62.4 Å². The lowest BCUT2D eigenvalue weighted by Gasteiger charge is -2.31. The SMILES string of the molecule is COc1ccc(N2C(=O)C(C)(C)C3(c4ccccn4)N=NC(c4ccccn4)=C23)cc1. The topological polar surface area (TPSA) is 80.0 Å². The van der Waals surface area contributed by atoms with Gasteiger partial charge in [0, 0.05) is 18.1 Å². The maximum atomic E-state index is 13.9. The Morgan fingerprint density at radius 2 is 1.61 bits per heavy atom. The zero-order chi connectivity index (χ0) is 21.6. The van der Waals surface area contributed by atoms with E-state index in [1.807, 2.05) is 74.5 Å². The summed E-state index contributed by atoms with van der Waals surface area (Å²) in [6.45, 7) is 3.79. The second-order valence-electron chi connectivity index (χ2n) is 8.00. The molecule has 0 bridgehead atoms. The molecular weight excluding hydrogens is 390 g/mol. The number of amides is 1. The van der Waals surface area contributed by atoms with Gasteiger partial charge in [-0.15, -0.1) is 0 Å². The number of rotatable bonds is 4. The fourth-order valence-corrected chi connectivity index (χ4v) is 4.34. The van der Waals surface area contributed by atoms with Crippen LogP contribution in [0.2, 0.25) is 0 Å². The largest absolute Gasteiger partial charge is 0.497 e. The summed E-state index contributed by atoms with van der Waals surface area (Å²) in [5.41, 5.74) is 1.31. The van der Waals surface area contributed by atoms with Gasteiger partial charge in [-0.2, -0.15) is 10.2 Å². The molecule has 3 aromatic rings. The lowest BCUT2D eigenvalue weighted by Crippen LogP contribution is -2.40. The standard InChI is InChI=1S/C24H21N5O2/c1-23(2)22(30)29(16-10-12-17(31-3)13-11-16)21-20(18-8-4-6-14-25-18)27-28-24(21,23)19-9-5-7-15-26-19/h4-15H,1-3H3. The van der Waals surface area contributed by atoms with E-state index in [1.165, 1.54) is 0 Å². The third-order valence-corrected chi connectivity index (χ3v) is 6.01. The highest BCUT2D eigenvalue weighted by Gasteiger charge is 2.67. The average molecular weight is 411 g/mol. The van der Waals surface area contributed by atoms with Gasteiger partial charge in [-0.1, -0.05) is 12.1 Å². The average Bonchev–Trinajstić information content (AvgIpc) is 3.29. The fourth-order valence-electron chi connectivity index (χ4n) is 4.34. The number of fused-ring (bicyclic) bond motifs is 1. The van der Waals surface area contributed by atoms with Crippen molar-refractivity contribution in [3.63, 3.8) is 0 Å². The maximum Gasteiger partial charge on any atom is 0.240 e. The van der Waals surface area contributed by atoms with Crippen molar-refractivity contribution in [1.29, 1.82) is 0 Å². The van der Waals surface area contributed by atoms with Crippen LogP contribution in [0.4, 0.5) is 5.69 Å². The molecule has 0 spiro atoms. The Bertz CT molecular complexity index is 1200. The predicted octanol–water partition coefficient (Wildman–Crippen LogP) is 4.59. The van der Waals surface area contributed by atoms with Crippen molar-refractivity contribution in [3.05, 3.63) is 90.1 Å². The first-order valence-corrected chi connectivity index (χ1v) is 10.00. The van der Waals surface area contributed by atoms with Crippen LogP contribution in [0.1, 0.15) is 25.2 Å². The number of nitrogens with zero attached hydrogens (tertiary/aromatic N) is 5. The first kappa shape index (κ1) is 19.1. The van der Waals surface area contributed by atoms with Crippen LogP contribution < -0.4 is 9.64 Å². The second-order valence-corrected chi connectivity index (χ2v) is 8.00. The van der Waals surface area contributed by atoms with E-state index in [0.29, 0.717) is 34.2 Å². The van der Waals surface area contributed by atoms with Crippen molar-refractivity contribution in [2.45, 2.75) is 19.4 Å². The van der Waals surface area contributed by atoms with E-state index in [1.54, 1.807) is 24.4 Å². The van der Waals surface area contributed by atoms with Crippen molar-refractivity contribution >= 4 is 17.3 Å². The van der Waals surface area contributed by atoms with Crippen LogP contribution in [-0.4, -0.2) is 23.0 Å². The van der Waals surface area contributed by atoms with E-state index < -0.39 is 11.0 Å². The number of hydrogen-bond acceptors (Lipinski definition) is 6. The molecule has 1 amide bonds. The number of methoxy groups -OCH3 is 1. The molecule has 1 fully saturated rings. The molecule has 0 radical (unpaired) electrons. The van der Waals surface area contributed by atoms with Gasteiger partial charge >= 0.3 is 0 Å². The van der Waals surface area contributed by atoms with Crippen LogP contribution in [0.3, 0.4) is 0 Å². The lowest BCUT2D eigenvalue weighted by atomic mass is 9.71. The van der Waals surface area contributed by atoms with E-state index in [-0.39, 0.29) is 5.91 Å². The van der Waals surface area contributed by atoms with E-state index in [9.17, 15) is 4.79 Å². The smallest absolute Gasteiger partial charge is 0.240 e.